The molecular weight excluding hydrogens is 178 g/mol. The summed E-state index contributed by atoms with van der Waals surface area (Å²) in [4.78, 5) is 3.85. The Bertz CT molecular complexity index is 330. The molecular formula is C9H15N5. The van der Waals surface area contributed by atoms with Crippen LogP contribution < -0.4 is 0 Å². The van der Waals surface area contributed by atoms with Gasteiger partial charge in [0, 0.05) is 6.54 Å². The number of rotatable bonds is 2. The SMILES string of the molecule is CCn1nnc(C2C=CCCN2C)n1. The number of nitrogens with zero attached hydrogens (tertiary/aromatic N) is 5. The van der Waals surface area contributed by atoms with E-state index in [1.807, 2.05) is 6.92 Å². The quantitative estimate of drug-likeness (QED) is 0.646. The smallest absolute Gasteiger partial charge is 0.195 e. The highest BCUT2D eigenvalue weighted by Gasteiger charge is 2.20. The Morgan fingerprint density at radius 1 is 1.57 bits per heavy atom. The molecule has 0 aliphatic carbocycles. The van der Waals surface area contributed by atoms with Gasteiger partial charge >= 0.3 is 0 Å². The molecule has 0 saturated heterocycles. The van der Waals surface area contributed by atoms with Crippen molar-refractivity contribution >= 4 is 0 Å². The van der Waals surface area contributed by atoms with Gasteiger partial charge in [-0.1, -0.05) is 12.2 Å². The van der Waals surface area contributed by atoms with Crippen LogP contribution in [0.4, 0.5) is 0 Å². The van der Waals surface area contributed by atoms with E-state index in [0.717, 1.165) is 25.3 Å². The normalized spacial score (nSPS) is 22.9. The highest BCUT2D eigenvalue weighted by Crippen LogP contribution is 2.20. The number of aryl methyl sites for hydroxylation is 1. The van der Waals surface area contributed by atoms with Crippen LogP contribution in [0.5, 0.6) is 0 Å². The molecule has 76 valence electrons. The van der Waals surface area contributed by atoms with Crippen molar-refractivity contribution in [1.82, 2.24) is 25.1 Å². The first-order valence-electron chi connectivity index (χ1n) is 4.96. The molecule has 1 atom stereocenters. The van der Waals surface area contributed by atoms with Crippen molar-refractivity contribution in [3.05, 3.63) is 18.0 Å². The summed E-state index contributed by atoms with van der Waals surface area (Å²) in [6.07, 6.45) is 5.42. The summed E-state index contributed by atoms with van der Waals surface area (Å²) in [6.45, 7) is 3.83. The van der Waals surface area contributed by atoms with Crippen LogP contribution in [0.3, 0.4) is 0 Å². The predicted molar refractivity (Wildman–Crippen MR) is 52.6 cm³/mol. The molecule has 0 radical (unpaired) electrons. The second kappa shape index (κ2) is 3.88. The van der Waals surface area contributed by atoms with E-state index in [9.17, 15) is 0 Å². The van der Waals surface area contributed by atoms with E-state index in [-0.39, 0.29) is 6.04 Å². The van der Waals surface area contributed by atoms with E-state index in [1.165, 1.54) is 0 Å². The summed E-state index contributed by atoms with van der Waals surface area (Å²) in [5, 5.41) is 12.3. The fourth-order valence-corrected chi connectivity index (χ4v) is 1.58. The lowest BCUT2D eigenvalue weighted by Crippen LogP contribution is -2.27. The molecule has 1 aromatic heterocycles. The molecule has 1 aromatic rings. The minimum atomic E-state index is 0.198. The predicted octanol–water partition coefficient (Wildman–Crippen LogP) is 0.626. The van der Waals surface area contributed by atoms with Gasteiger partial charge in [-0.05, 0) is 25.6 Å². The summed E-state index contributed by atoms with van der Waals surface area (Å²) in [5.74, 6) is 0.797. The maximum absolute atomic E-state index is 4.30. The average Bonchev–Trinajstić information content (AvgIpc) is 2.67. The van der Waals surface area contributed by atoms with Crippen LogP contribution >= 0.6 is 0 Å². The largest absolute Gasteiger partial charge is 0.293 e. The van der Waals surface area contributed by atoms with Gasteiger partial charge in [-0.25, -0.2) is 0 Å². The van der Waals surface area contributed by atoms with Gasteiger partial charge in [0.05, 0.1) is 12.6 Å². The number of aromatic nitrogens is 4. The van der Waals surface area contributed by atoms with Gasteiger partial charge in [0.2, 0.25) is 0 Å². The minimum absolute atomic E-state index is 0.198. The molecule has 14 heavy (non-hydrogen) atoms. The Morgan fingerprint density at radius 3 is 3.07 bits per heavy atom. The molecule has 0 amide bonds. The molecule has 0 bridgehead atoms. The summed E-state index contributed by atoms with van der Waals surface area (Å²) in [5.41, 5.74) is 0. The monoisotopic (exact) mass is 193 g/mol. The summed E-state index contributed by atoms with van der Waals surface area (Å²) < 4.78 is 0. The van der Waals surface area contributed by atoms with Gasteiger partial charge in [-0.2, -0.15) is 4.80 Å². The Morgan fingerprint density at radius 2 is 2.43 bits per heavy atom. The first-order chi connectivity index (χ1) is 6.81. The lowest BCUT2D eigenvalue weighted by molar-refractivity contribution is 0.269. The number of hydrogen-bond acceptors (Lipinski definition) is 4. The fraction of sp³-hybridized carbons (Fsp3) is 0.667. The van der Waals surface area contributed by atoms with E-state index >= 15 is 0 Å². The van der Waals surface area contributed by atoms with Crippen LogP contribution in [0.15, 0.2) is 12.2 Å². The maximum Gasteiger partial charge on any atom is 0.195 e. The molecule has 2 heterocycles. The lowest BCUT2D eigenvalue weighted by Gasteiger charge is -2.25. The van der Waals surface area contributed by atoms with Gasteiger partial charge < -0.3 is 0 Å². The zero-order valence-corrected chi connectivity index (χ0v) is 8.59. The standard InChI is InChI=1S/C9H15N5/c1-3-14-11-9(10-12-14)8-6-4-5-7-13(8)2/h4,6,8H,3,5,7H2,1-2H3. The second-order valence-electron chi connectivity index (χ2n) is 3.48. The van der Waals surface area contributed by atoms with Crippen LogP contribution in [-0.4, -0.2) is 38.7 Å². The lowest BCUT2D eigenvalue weighted by atomic mass is 10.1. The first kappa shape index (κ1) is 9.33. The van der Waals surface area contributed by atoms with Crippen molar-refractivity contribution in [2.24, 2.45) is 0 Å². The zero-order chi connectivity index (χ0) is 9.97. The van der Waals surface area contributed by atoms with E-state index in [0.29, 0.717) is 0 Å². The third-order valence-electron chi connectivity index (χ3n) is 2.46. The number of tetrazole rings is 1. The Labute approximate surface area is 83.4 Å². The molecule has 1 unspecified atom stereocenters. The van der Waals surface area contributed by atoms with Crippen molar-refractivity contribution in [2.45, 2.75) is 25.9 Å². The minimum Gasteiger partial charge on any atom is -0.293 e. The van der Waals surface area contributed by atoms with Crippen molar-refractivity contribution in [1.29, 1.82) is 0 Å². The van der Waals surface area contributed by atoms with Gasteiger partial charge in [0.25, 0.3) is 0 Å². The van der Waals surface area contributed by atoms with Crippen molar-refractivity contribution in [3.63, 3.8) is 0 Å². The van der Waals surface area contributed by atoms with Crippen LogP contribution in [0.1, 0.15) is 25.2 Å². The Hall–Kier alpha value is -1.23. The third-order valence-corrected chi connectivity index (χ3v) is 2.46. The van der Waals surface area contributed by atoms with Gasteiger partial charge in [-0.15, -0.1) is 10.2 Å². The van der Waals surface area contributed by atoms with Gasteiger partial charge in [0.1, 0.15) is 0 Å². The molecule has 1 aliphatic heterocycles. The number of hydrogen-bond donors (Lipinski definition) is 0. The molecule has 0 fully saturated rings. The van der Waals surface area contributed by atoms with E-state index in [2.05, 4.69) is 39.5 Å². The van der Waals surface area contributed by atoms with Gasteiger partial charge in [-0.3, -0.25) is 4.90 Å². The fourth-order valence-electron chi connectivity index (χ4n) is 1.58. The molecule has 0 spiro atoms. The van der Waals surface area contributed by atoms with Crippen LogP contribution in [0.2, 0.25) is 0 Å². The highest BCUT2D eigenvalue weighted by atomic mass is 15.6. The highest BCUT2D eigenvalue weighted by molar-refractivity contribution is 5.07. The molecule has 1 aliphatic rings. The molecule has 0 saturated carbocycles. The molecule has 2 rings (SSSR count). The first-order valence-corrected chi connectivity index (χ1v) is 4.96. The summed E-state index contributed by atoms with van der Waals surface area (Å²) in [7, 11) is 2.08. The van der Waals surface area contributed by atoms with Crippen molar-refractivity contribution in [2.75, 3.05) is 13.6 Å². The topological polar surface area (TPSA) is 46.8 Å². The molecule has 0 N–H and O–H groups in total. The molecule has 0 aromatic carbocycles. The Balaban J connectivity index is 2.20. The van der Waals surface area contributed by atoms with Crippen LogP contribution in [0, 0.1) is 0 Å². The van der Waals surface area contributed by atoms with E-state index < -0.39 is 0 Å². The average molecular weight is 193 g/mol. The van der Waals surface area contributed by atoms with Crippen molar-refractivity contribution in [3.8, 4) is 0 Å². The number of likely N-dealkylation sites (N-methyl/N-ethyl adjacent to an activating group) is 1. The zero-order valence-electron chi connectivity index (χ0n) is 8.59. The maximum atomic E-state index is 4.30. The van der Waals surface area contributed by atoms with Crippen LogP contribution in [0.25, 0.3) is 0 Å². The molecule has 5 heteroatoms. The van der Waals surface area contributed by atoms with E-state index in [1.54, 1.807) is 4.80 Å². The molecule has 5 nitrogen and oxygen atoms in total. The third kappa shape index (κ3) is 1.68. The second-order valence-corrected chi connectivity index (χ2v) is 3.48. The van der Waals surface area contributed by atoms with Crippen molar-refractivity contribution < 1.29 is 0 Å². The Kier molecular flexibility index (Phi) is 2.58. The van der Waals surface area contributed by atoms with Gasteiger partial charge in [0.15, 0.2) is 5.82 Å². The van der Waals surface area contributed by atoms with E-state index in [4.69, 9.17) is 0 Å². The summed E-state index contributed by atoms with van der Waals surface area (Å²) in [6, 6.07) is 0.198. The van der Waals surface area contributed by atoms with Crippen LogP contribution in [-0.2, 0) is 6.54 Å². The summed E-state index contributed by atoms with van der Waals surface area (Å²) >= 11 is 0.